The molecule has 0 aliphatic rings. The fourth-order valence-electron chi connectivity index (χ4n) is 2.47. The van der Waals surface area contributed by atoms with Crippen molar-refractivity contribution in [2.24, 2.45) is 0 Å². The van der Waals surface area contributed by atoms with Crippen LogP contribution in [0.1, 0.15) is 23.6 Å². The van der Waals surface area contributed by atoms with Crippen molar-refractivity contribution in [1.29, 1.82) is 5.26 Å². The van der Waals surface area contributed by atoms with Crippen LogP contribution < -0.4 is 10.6 Å². The Labute approximate surface area is 158 Å². The number of carbonyl (C=O) groups excluding carboxylic acids is 1. The van der Waals surface area contributed by atoms with Crippen LogP contribution in [0, 0.1) is 11.3 Å². The molecule has 142 valence electrons. The summed E-state index contributed by atoms with van der Waals surface area (Å²) in [4.78, 5) is 13.2. The van der Waals surface area contributed by atoms with Gasteiger partial charge in [-0.3, -0.25) is 4.90 Å². The molecule has 0 unspecified atom stereocenters. The van der Waals surface area contributed by atoms with Crippen molar-refractivity contribution in [2.45, 2.75) is 19.6 Å². The minimum Gasteiger partial charge on any atom is -0.449 e. The van der Waals surface area contributed by atoms with E-state index in [1.165, 1.54) is 6.92 Å². The van der Waals surface area contributed by atoms with Crippen molar-refractivity contribution in [3.05, 3.63) is 58.1 Å². The number of anilines is 2. The number of hydrogen-bond acceptors (Lipinski definition) is 4. The molecule has 0 radical (unpaired) electrons. The molecule has 1 amide bonds. The highest BCUT2D eigenvalue weighted by atomic mass is 35.5. The quantitative estimate of drug-likeness (QED) is 0.738. The van der Waals surface area contributed by atoms with Crippen LogP contribution >= 0.6 is 11.6 Å². The molecule has 0 saturated heterocycles. The number of nitrogen functional groups attached to an aromatic ring is 1. The summed E-state index contributed by atoms with van der Waals surface area (Å²) in [6, 6.07) is 9.75. The number of amides is 1. The lowest BCUT2D eigenvalue weighted by Crippen LogP contribution is -2.33. The van der Waals surface area contributed by atoms with Crippen molar-refractivity contribution >= 4 is 29.1 Å². The summed E-state index contributed by atoms with van der Waals surface area (Å²) in [5.74, 6) is 0. The molecule has 0 fully saturated rings. The van der Waals surface area contributed by atoms with Gasteiger partial charge >= 0.3 is 12.3 Å². The third-order valence-corrected chi connectivity index (χ3v) is 3.99. The number of hydrogen-bond donors (Lipinski definition) is 1. The van der Waals surface area contributed by atoms with E-state index in [2.05, 4.69) is 0 Å². The molecule has 27 heavy (non-hydrogen) atoms. The summed E-state index contributed by atoms with van der Waals surface area (Å²) in [6.07, 6.45) is -5.86. The van der Waals surface area contributed by atoms with Gasteiger partial charge in [0.05, 0.1) is 41.7 Å². The van der Waals surface area contributed by atoms with E-state index in [0.29, 0.717) is 11.6 Å². The number of nitriles is 1. The minimum atomic E-state index is -4.85. The minimum absolute atomic E-state index is 0.0462. The molecule has 0 saturated carbocycles. The standard InChI is InChI=1S/C18H15ClF3N3O2/c1-2-27-17(26)25(10-12-5-3-4-6-14(12)19)16-13(18(20,21)22)7-11(9-23)8-15(16)24/h3-8H,2,10,24H2,1H3. The summed E-state index contributed by atoms with van der Waals surface area (Å²) in [5.41, 5.74) is 3.75. The van der Waals surface area contributed by atoms with E-state index in [4.69, 9.17) is 27.3 Å². The van der Waals surface area contributed by atoms with Gasteiger partial charge in [0.2, 0.25) is 0 Å². The highest BCUT2D eigenvalue weighted by Crippen LogP contribution is 2.41. The second-order valence-corrected chi connectivity index (χ2v) is 5.85. The Bertz CT molecular complexity index is 894. The Morgan fingerprint density at radius 1 is 1.33 bits per heavy atom. The van der Waals surface area contributed by atoms with Crippen molar-refractivity contribution < 1.29 is 22.7 Å². The van der Waals surface area contributed by atoms with Crippen LogP contribution in [0.4, 0.5) is 29.3 Å². The van der Waals surface area contributed by atoms with Gasteiger partial charge in [-0.25, -0.2) is 4.79 Å². The molecule has 2 rings (SSSR count). The molecule has 0 atom stereocenters. The molecule has 9 heteroatoms. The zero-order valence-corrected chi connectivity index (χ0v) is 14.9. The van der Waals surface area contributed by atoms with E-state index in [9.17, 15) is 18.0 Å². The largest absolute Gasteiger partial charge is 0.449 e. The van der Waals surface area contributed by atoms with Crippen molar-refractivity contribution in [2.75, 3.05) is 17.2 Å². The Balaban J connectivity index is 2.67. The van der Waals surface area contributed by atoms with Gasteiger partial charge in [-0.1, -0.05) is 29.8 Å². The first-order chi connectivity index (χ1) is 12.7. The average Bonchev–Trinajstić information content (AvgIpc) is 2.60. The van der Waals surface area contributed by atoms with Crippen molar-refractivity contribution in [3.63, 3.8) is 0 Å². The average molecular weight is 398 g/mol. The van der Waals surface area contributed by atoms with Crippen LogP contribution in [0.15, 0.2) is 36.4 Å². The molecule has 5 nitrogen and oxygen atoms in total. The van der Waals surface area contributed by atoms with Gasteiger partial charge in [0.15, 0.2) is 0 Å². The number of carbonyl (C=O) groups is 1. The fraction of sp³-hybridized carbons (Fsp3) is 0.222. The van der Waals surface area contributed by atoms with Gasteiger partial charge in [0.1, 0.15) is 0 Å². The van der Waals surface area contributed by atoms with Crippen LogP contribution in [0.2, 0.25) is 5.02 Å². The highest BCUT2D eigenvalue weighted by molar-refractivity contribution is 6.31. The van der Waals surface area contributed by atoms with E-state index in [0.717, 1.165) is 11.0 Å². The summed E-state index contributed by atoms with van der Waals surface area (Å²) in [6.45, 7) is 1.19. The topological polar surface area (TPSA) is 79.3 Å². The summed E-state index contributed by atoms with van der Waals surface area (Å²) in [7, 11) is 0. The van der Waals surface area contributed by atoms with E-state index in [1.54, 1.807) is 30.3 Å². The molecule has 2 aromatic rings. The number of benzene rings is 2. The number of ether oxygens (including phenoxy) is 1. The zero-order chi connectivity index (χ0) is 20.2. The smallest absolute Gasteiger partial charge is 0.418 e. The molecule has 0 aliphatic heterocycles. The van der Waals surface area contributed by atoms with E-state index < -0.39 is 23.5 Å². The lowest BCUT2D eigenvalue weighted by molar-refractivity contribution is -0.137. The van der Waals surface area contributed by atoms with Gasteiger partial charge in [-0.15, -0.1) is 0 Å². The number of nitrogens with two attached hydrogens (primary N) is 1. The summed E-state index contributed by atoms with van der Waals surface area (Å²) in [5, 5.41) is 9.22. The van der Waals surface area contributed by atoms with Gasteiger partial charge in [-0.2, -0.15) is 18.4 Å². The predicted molar refractivity (Wildman–Crippen MR) is 95.2 cm³/mol. The molecule has 0 heterocycles. The molecule has 0 bridgehead atoms. The molecular formula is C18H15ClF3N3O2. The van der Waals surface area contributed by atoms with Gasteiger partial charge in [0.25, 0.3) is 0 Å². The van der Waals surface area contributed by atoms with Gasteiger partial charge < -0.3 is 10.5 Å². The van der Waals surface area contributed by atoms with Gasteiger partial charge in [-0.05, 0) is 30.7 Å². The molecule has 0 spiro atoms. The maximum absolute atomic E-state index is 13.6. The van der Waals surface area contributed by atoms with E-state index in [-0.39, 0.29) is 29.4 Å². The summed E-state index contributed by atoms with van der Waals surface area (Å²) < 4.78 is 45.7. The lowest BCUT2D eigenvalue weighted by Gasteiger charge is -2.27. The van der Waals surface area contributed by atoms with Crippen LogP contribution in [0.3, 0.4) is 0 Å². The molecular weight excluding hydrogens is 383 g/mol. The van der Waals surface area contributed by atoms with Crippen molar-refractivity contribution in [1.82, 2.24) is 0 Å². The van der Waals surface area contributed by atoms with Crippen molar-refractivity contribution in [3.8, 4) is 6.07 Å². The maximum atomic E-state index is 13.6. The lowest BCUT2D eigenvalue weighted by atomic mass is 10.0. The zero-order valence-electron chi connectivity index (χ0n) is 14.2. The SMILES string of the molecule is CCOC(=O)N(Cc1ccccc1Cl)c1c(N)cc(C#N)cc1C(F)(F)F. The van der Waals surface area contributed by atoms with Gasteiger partial charge in [0, 0.05) is 5.02 Å². The van der Waals surface area contributed by atoms with E-state index in [1.807, 2.05) is 0 Å². The maximum Gasteiger partial charge on any atom is 0.418 e. The number of halogens is 4. The normalized spacial score (nSPS) is 11.0. The monoisotopic (exact) mass is 397 g/mol. The molecule has 2 N–H and O–H groups in total. The van der Waals surface area contributed by atoms with Crippen LogP contribution in [0.5, 0.6) is 0 Å². The first-order valence-corrected chi connectivity index (χ1v) is 8.15. The Morgan fingerprint density at radius 3 is 2.56 bits per heavy atom. The third-order valence-electron chi connectivity index (χ3n) is 3.62. The molecule has 0 aliphatic carbocycles. The second kappa shape index (κ2) is 8.18. The predicted octanol–water partition coefficient (Wildman–Crippen LogP) is 4.98. The van der Waals surface area contributed by atoms with Crippen LogP contribution in [-0.4, -0.2) is 12.7 Å². The van der Waals surface area contributed by atoms with E-state index >= 15 is 0 Å². The summed E-state index contributed by atoms with van der Waals surface area (Å²) >= 11 is 6.08. The number of rotatable bonds is 4. The molecule has 2 aromatic carbocycles. The van der Waals surface area contributed by atoms with Crippen LogP contribution in [-0.2, 0) is 17.5 Å². The Hall–Kier alpha value is -2.92. The first-order valence-electron chi connectivity index (χ1n) is 7.77. The first kappa shape index (κ1) is 20.4. The number of alkyl halides is 3. The Morgan fingerprint density at radius 2 is 2.00 bits per heavy atom. The Kier molecular flexibility index (Phi) is 6.18. The third kappa shape index (κ3) is 4.63. The fourth-order valence-corrected chi connectivity index (χ4v) is 2.67. The number of nitrogens with zero attached hydrogens (tertiary/aromatic N) is 2. The molecule has 0 aromatic heterocycles. The van der Waals surface area contributed by atoms with Crippen LogP contribution in [0.25, 0.3) is 0 Å². The second-order valence-electron chi connectivity index (χ2n) is 5.45. The highest BCUT2D eigenvalue weighted by Gasteiger charge is 2.38.